The van der Waals surface area contributed by atoms with Gasteiger partial charge in [0.2, 0.25) is 0 Å². The van der Waals surface area contributed by atoms with Crippen molar-refractivity contribution in [2.75, 3.05) is 12.8 Å². The Balaban J connectivity index is 2.50. The van der Waals surface area contributed by atoms with Gasteiger partial charge in [0.15, 0.2) is 5.75 Å². The SMILES string of the molecule is COc1cc(-c2cc(N)n(C)n2)ccc1[N+](=O)[O-]. The molecule has 0 atom stereocenters. The van der Waals surface area contributed by atoms with Crippen LogP contribution in [0.3, 0.4) is 0 Å². The summed E-state index contributed by atoms with van der Waals surface area (Å²) < 4.78 is 6.53. The Morgan fingerprint density at radius 2 is 2.17 bits per heavy atom. The molecule has 18 heavy (non-hydrogen) atoms. The maximum absolute atomic E-state index is 10.8. The first-order valence-corrected chi connectivity index (χ1v) is 5.15. The normalized spacial score (nSPS) is 10.3. The summed E-state index contributed by atoms with van der Waals surface area (Å²) >= 11 is 0. The van der Waals surface area contributed by atoms with Gasteiger partial charge < -0.3 is 10.5 Å². The van der Waals surface area contributed by atoms with Crippen LogP contribution in [0.2, 0.25) is 0 Å². The fourth-order valence-electron chi connectivity index (χ4n) is 1.61. The number of nitrogen functional groups attached to an aromatic ring is 1. The van der Waals surface area contributed by atoms with Crippen LogP contribution >= 0.6 is 0 Å². The molecule has 0 aliphatic heterocycles. The van der Waals surface area contributed by atoms with E-state index >= 15 is 0 Å². The van der Waals surface area contributed by atoms with Gasteiger partial charge in [0.05, 0.1) is 17.7 Å². The molecule has 0 amide bonds. The predicted molar refractivity (Wildman–Crippen MR) is 66.3 cm³/mol. The van der Waals surface area contributed by atoms with E-state index in [1.54, 1.807) is 25.2 Å². The van der Waals surface area contributed by atoms with Crippen LogP contribution in [0.1, 0.15) is 0 Å². The van der Waals surface area contributed by atoms with Crippen molar-refractivity contribution in [2.45, 2.75) is 0 Å². The van der Waals surface area contributed by atoms with Crippen LogP contribution in [0.5, 0.6) is 5.75 Å². The molecule has 0 radical (unpaired) electrons. The van der Waals surface area contributed by atoms with E-state index in [-0.39, 0.29) is 11.4 Å². The Morgan fingerprint density at radius 1 is 1.44 bits per heavy atom. The highest BCUT2D eigenvalue weighted by atomic mass is 16.6. The summed E-state index contributed by atoms with van der Waals surface area (Å²) in [5.74, 6) is 0.712. The van der Waals surface area contributed by atoms with Gasteiger partial charge in [-0.2, -0.15) is 5.10 Å². The van der Waals surface area contributed by atoms with Crippen molar-refractivity contribution in [1.29, 1.82) is 0 Å². The number of nitro groups is 1. The number of nitrogens with two attached hydrogens (primary N) is 1. The summed E-state index contributed by atoms with van der Waals surface area (Å²) in [6, 6.07) is 6.27. The largest absolute Gasteiger partial charge is 0.490 e. The van der Waals surface area contributed by atoms with E-state index in [1.165, 1.54) is 17.9 Å². The summed E-state index contributed by atoms with van der Waals surface area (Å²) in [5, 5.41) is 15.0. The Kier molecular flexibility index (Phi) is 2.88. The average Bonchev–Trinajstić information content (AvgIpc) is 2.68. The summed E-state index contributed by atoms with van der Waals surface area (Å²) in [7, 11) is 3.11. The predicted octanol–water partition coefficient (Wildman–Crippen LogP) is 1.59. The molecule has 1 aromatic carbocycles. The number of nitro benzene ring substituents is 1. The van der Waals surface area contributed by atoms with Crippen molar-refractivity contribution < 1.29 is 9.66 Å². The Hall–Kier alpha value is -2.57. The minimum atomic E-state index is -0.491. The zero-order valence-electron chi connectivity index (χ0n) is 9.95. The van der Waals surface area contributed by atoms with Gasteiger partial charge in [-0.1, -0.05) is 0 Å². The van der Waals surface area contributed by atoms with E-state index in [9.17, 15) is 10.1 Å². The van der Waals surface area contributed by atoms with Crippen LogP contribution in [0.4, 0.5) is 11.5 Å². The van der Waals surface area contributed by atoms with E-state index in [0.717, 1.165) is 0 Å². The lowest BCUT2D eigenvalue weighted by Gasteiger charge is -2.03. The van der Waals surface area contributed by atoms with E-state index in [4.69, 9.17) is 10.5 Å². The highest BCUT2D eigenvalue weighted by molar-refractivity contribution is 5.67. The lowest BCUT2D eigenvalue weighted by Crippen LogP contribution is -1.96. The van der Waals surface area contributed by atoms with Crippen molar-refractivity contribution >= 4 is 11.5 Å². The molecule has 0 spiro atoms. The zero-order chi connectivity index (χ0) is 13.3. The van der Waals surface area contributed by atoms with Gasteiger partial charge in [-0.25, -0.2) is 0 Å². The van der Waals surface area contributed by atoms with Crippen LogP contribution in [-0.2, 0) is 7.05 Å². The fourth-order valence-corrected chi connectivity index (χ4v) is 1.61. The van der Waals surface area contributed by atoms with Gasteiger partial charge in [0, 0.05) is 24.7 Å². The van der Waals surface area contributed by atoms with Crippen LogP contribution < -0.4 is 10.5 Å². The smallest absolute Gasteiger partial charge is 0.310 e. The van der Waals surface area contributed by atoms with Crippen LogP contribution in [0, 0.1) is 10.1 Å². The van der Waals surface area contributed by atoms with E-state index in [0.29, 0.717) is 17.1 Å². The van der Waals surface area contributed by atoms with Crippen molar-refractivity contribution in [1.82, 2.24) is 9.78 Å². The number of anilines is 1. The van der Waals surface area contributed by atoms with Crippen molar-refractivity contribution in [3.05, 3.63) is 34.4 Å². The number of methoxy groups -OCH3 is 1. The van der Waals surface area contributed by atoms with Crippen LogP contribution in [-0.4, -0.2) is 21.8 Å². The third kappa shape index (κ3) is 1.97. The second kappa shape index (κ2) is 4.36. The topological polar surface area (TPSA) is 96.2 Å². The molecule has 94 valence electrons. The maximum atomic E-state index is 10.8. The second-order valence-corrected chi connectivity index (χ2v) is 3.72. The monoisotopic (exact) mass is 248 g/mol. The molecule has 0 unspecified atom stereocenters. The number of rotatable bonds is 3. The second-order valence-electron chi connectivity index (χ2n) is 3.72. The molecular weight excluding hydrogens is 236 g/mol. The number of benzene rings is 1. The zero-order valence-corrected chi connectivity index (χ0v) is 9.95. The number of nitrogens with zero attached hydrogens (tertiary/aromatic N) is 3. The number of aromatic nitrogens is 2. The minimum Gasteiger partial charge on any atom is -0.490 e. The number of aryl methyl sites for hydroxylation is 1. The number of ether oxygens (including phenoxy) is 1. The molecule has 0 aliphatic carbocycles. The van der Waals surface area contributed by atoms with E-state index < -0.39 is 4.92 Å². The Morgan fingerprint density at radius 3 is 2.67 bits per heavy atom. The molecule has 1 heterocycles. The molecule has 0 saturated heterocycles. The lowest BCUT2D eigenvalue weighted by molar-refractivity contribution is -0.385. The molecule has 0 aliphatic rings. The molecular formula is C11H12N4O3. The minimum absolute atomic E-state index is 0.0786. The number of hydrogen-bond donors (Lipinski definition) is 1. The average molecular weight is 248 g/mol. The van der Waals surface area contributed by atoms with Crippen molar-refractivity contribution in [2.24, 2.45) is 7.05 Å². The van der Waals surface area contributed by atoms with Crippen molar-refractivity contribution in [3.8, 4) is 17.0 Å². The summed E-state index contributed by atoms with van der Waals surface area (Å²) in [6.45, 7) is 0. The molecule has 7 heteroatoms. The molecule has 0 bridgehead atoms. The highest BCUT2D eigenvalue weighted by Crippen LogP contribution is 2.31. The van der Waals surface area contributed by atoms with Gasteiger partial charge in [0.1, 0.15) is 5.82 Å². The molecule has 1 aromatic heterocycles. The fraction of sp³-hybridized carbons (Fsp3) is 0.182. The first-order valence-electron chi connectivity index (χ1n) is 5.15. The molecule has 0 fully saturated rings. The van der Waals surface area contributed by atoms with Gasteiger partial charge in [-0.3, -0.25) is 14.8 Å². The third-order valence-corrected chi connectivity index (χ3v) is 2.59. The van der Waals surface area contributed by atoms with Gasteiger partial charge in [-0.05, 0) is 12.1 Å². The molecule has 2 N–H and O–H groups in total. The van der Waals surface area contributed by atoms with Crippen LogP contribution in [0.25, 0.3) is 11.3 Å². The first-order chi connectivity index (χ1) is 8.52. The Labute approximate surface area is 103 Å². The van der Waals surface area contributed by atoms with Gasteiger partial charge >= 0.3 is 5.69 Å². The molecule has 0 saturated carbocycles. The highest BCUT2D eigenvalue weighted by Gasteiger charge is 2.16. The van der Waals surface area contributed by atoms with Crippen LogP contribution in [0.15, 0.2) is 24.3 Å². The standard InChI is InChI=1S/C11H12N4O3/c1-14-11(12)6-8(13-14)7-3-4-9(15(16)17)10(5-7)18-2/h3-6H,12H2,1-2H3. The third-order valence-electron chi connectivity index (χ3n) is 2.59. The first kappa shape index (κ1) is 11.9. The summed E-state index contributed by atoms with van der Waals surface area (Å²) in [5.41, 5.74) is 6.96. The molecule has 2 aromatic rings. The maximum Gasteiger partial charge on any atom is 0.310 e. The molecule has 2 rings (SSSR count). The van der Waals surface area contributed by atoms with Gasteiger partial charge in [0.25, 0.3) is 0 Å². The van der Waals surface area contributed by atoms with Crippen molar-refractivity contribution in [3.63, 3.8) is 0 Å². The molecule has 7 nitrogen and oxygen atoms in total. The Bertz CT molecular complexity index is 587. The lowest BCUT2D eigenvalue weighted by atomic mass is 10.1. The summed E-state index contributed by atoms with van der Waals surface area (Å²) in [4.78, 5) is 10.3. The quantitative estimate of drug-likeness (QED) is 0.657. The summed E-state index contributed by atoms with van der Waals surface area (Å²) in [6.07, 6.45) is 0. The van der Waals surface area contributed by atoms with E-state index in [1.807, 2.05) is 0 Å². The number of hydrogen-bond acceptors (Lipinski definition) is 5. The van der Waals surface area contributed by atoms with Gasteiger partial charge in [-0.15, -0.1) is 0 Å². The van der Waals surface area contributed by atoms with E-state index in [2.05, 4.69) is 5.10 Å².